The molecule has 104 valence electrons. The van der Waals surface area contributed by atoms with Crippen molar-refractivity contribution < 1.29 is 4.79 Å². The highest BCUT2D eigenvalue weighted by Gasteiger charge is 2.51. The molecule has 1 aromatic carbocycles. The molecule has 4 rings (SSSR count). The van der Waals surface area contributed by atoms with E-state index in [0.29, 0.717) is 23.8 Å². The third-order valence-electron chi connectivity index (χ3n) is 5.34. The summed E-state index contributed by atoms with van der Waals surface area (Å²) in [5, 5.41) is 0. The third-order valence-corrected chi connectivity index (χ3v) is 5.34. The largest absolute Gasteiger partial charge is 0.313 e. The van der Waals surface area contributed by atoms with Gasteiger partial charge in [0.15, 0.2) is 0 Å². The van der Waals surface area contributed by atoms with Crippen LogP contribution in [0.2, 0.25) is 0 Å². The van der Waals surface area contributed by atoms with Crippen LogP contribution in [0, 0.1) is 11.8 Å². The molecule has 0 bridgehead atoms. The number of fused-ring (bicyclic) bond motifs is 3. The van der Waals surface area contributed by atoms with Crippen molar-refractivity contribution >= 4 is 12.0 Å². The Bertz CT molecular complexity index is 548. The van der Waals surface area contributed by atoms with Crippen LogP contribution < -0.4 is 0 Å². The molecular formula is C18H21NO. The smallest absolute Gasteiger partial charge is 0.230 e. The molecule has 3 aliphatic rings. The second-order valence-corrected chi connectivity index (χ2v) is 6.42. The van der Waals surface area contributed by atoms with Gasteiger partial charge in [0.1, 0.15) is 0 Å². The predicted octanol–water partition coefficient (Wildman–Crippen LogP) is 3.84. The molecule has 2 aliphatic heterocycles. The highest BCUT2D eigenvalue weighted by atomic mass is 16.2. The van der Waals surface area contributed by atoms with Gasteiger partial charge >= 0.3 is 0 Å². The first-order valence-electron chi connectivity index (χ1n) is 7.93. The molecule has 0 aromatic heterocycles. The quantitative estimate of drug-likeness (QED) is 0.757. The van der Waals surface area contributed by atoms with Crippen LogP contribution in [0.25, 0.3) is 6.08 Å². The van der Waals surface area contributed by atoms with Gasteiger partial charge in [0.05, 0.1) is 0 Å². The van der Waals surface area contributed by atoms with Crippen molar-refractivity contribution in [1.29, 1.82) is 0 Å². The number of allylic oxidation sites excluding steroid dienone is 1. The summed E-state index contributed by atoms with van der Waals surface area (Å²) in [6, 6.07) is 10.9. The molecule has 2 heteroatoms. The van der Waals surface area contributed by atoms with Crippen molar-refractivity contribution in [2.75, 3.05) is 0 Å². The highest BCUT2D eigenvalue weighted by molar-refractivity contribution is 5.85. The van der Waals surface area contributed by atoms with Crippen molar-refractivity contribution in [2.45, 2.75) is 44.6 Å². The molecule has 3 fully saturated rings. The summed E-state index contributed by atoms with van der Waals surface area (Å²) in [4.78, 5) is 14.9. The van der Waals surface area contributed by atoms with Gasteiger partial charge in [-0.3, -0.25) is 4.79 Å². The van der Waals surface area contributed by atoms with E-state index in [0.717, 1.165) is 12.8 Å². The zero-order chi connectivity index (χ0) is 13.5. The molecule has 1 aromatic rings. The Kier molecular flexibility index (Phi) is 2.90. The van der Waals surface area contributed by atoms with E-state index in [2.05, 4.69) is 35.2 Å². The molecule has 1 aliphatic carbocycles. The number of carbonyl (C=O) groups is 1. The van der Waals surface area contributed by atoms with Gasteiger partial charge in [0.2, 0.25) is 5.91 Å². The van der Waals surface area contributed by atoms with E-state index in [1.165, 1.54) is 36.9 Å². The molecule has 0 N–H and O–H groups in total. The fraction of sp³-hybridized carbons (Fsp3) is 0.500. The van der Waals surface area contributed by atoms with Crippen molar-refractivity contribution in [3.8, 4) is 0 Å². The summed E-state index contributed by atoms with van der Waals surface area (Å²) < 4.78 is 0. The minimum absolute atomic E-state index is 0.327. The van der Waals surface area contributed by atoms with E-state index in [1.54, 1.807) is 0 Å². The maximum absolute atomic E-state index is 12.7. The number of nitrogens with zero attached hydrogens (tertiary/aromatic N) is 1. The molecule has 3 atom stereocenters. The Labute approximate surface area is 120 Å². The number of carbonyl (C=O) groups excluding carboxylic acids is 1. The number of rotatable bonds is 1. The molecule has 1 saturated carbocycles. The lowest BCUT2D eigenvalue weighted by Crippen LogP contribution is -2.27. The highest BCUT2D eigenvalue weighted by Crippen LogP contribution is 2.48. The second kappa shape index (κ2) is 4.76. The minimum Gasteiger partial charge on any atom is -0.313 e. The van der Waals surface area contributed by atoms with Gasteiger partial charge in [-0.25, -0.2) is 0 Å². The summed E-state index contributed by atoms with van der Waals surface area (Å²) in [5.74, 6) is 1.38. The van der Waals surface area contributed by atoms with Gasteiger partial charge < -0.3 is 4.90 Å². The zero-order valence-electron chi connectivity index (χ0n) is 11.8. The maximum atomic E-state index is 12.7. The standard InChI is InChI=1S/C18H21NO/c20-18-16-9-5-4-8-15(16)17-11-10-14(19(17)18)12-13-6-2-1-3-7-13/h1-3,6-7,12,15-17H,4-5,8-11H2/b14-12-/t15-,16+,17+/m0/s1. The second-order valence-electron chi connectivity index (χ2n) is 6.42. The van der Waals surface area contributed by atoms with Crippen LogP contribution in [-0.2, 0) is 4.79 Å². The van der Waals surface area contributed by atoms with Crippen LogP contribution >= 0.6 is 0 Å². The molecule has 2 heterocycles. The Morgan fingerprint density at radius 3 is 2.70 bits per heavy atom. The predicted molar refractivity (Wildman–Crippen MR) is 79.7 cm³/mol. The van der Waals surface area contributed by atoms with E-state index in [-0.39, 0.29) is 0 Å². The van der Waals surface area contributed by atoms with Crippen LogP contribution in [0.3, 0.4) is 0 Å². The average Bonchev–Trinajstić information content (AvgIpc) is 3.02. The third kappa shape index (κ3) is 1.81. The van der Waals surface area contributed by atoms with Gasteiger partial charge in [-0.05, 0) is 43.2 Å². The Morgan fingerprint density at radius 2 is 1.85 bits per heavy atom. The monoisotopic (exact) mass is 267 g/mol. The fourth-order valence-electron chi connectivity index (χ4n) is 4.46. The molecule has 2 nitrogen and oxygen atoms in total. The van der Waals surface area contributed by atoms with E-state index in [4.69, 9.17) is 0 Å². The van der Waals surface area contributed by atoms with Gasteiger partial charge in [0, 0.05) is 17.7 Å². The molecule has 0 unspecified atom stereocenters. The molecule has 20 heavy (non-hydrogen) atoms. The van der Waals surface area contributed by atoms with Crippen molar-refractivity contribution in [1.82, 2.24) is 4.90 Å². The maximum Gasteiger partial charge on any atom is 0.230 e. The number of amides is 1. The van der Waals surface area contributed by atoms with Gasteiger partial charge in [-0.15, -0.1) is 0 Å². The first-order valence-corrected chi connectivity index (χ1v) is 7.93. The molecule has 2 saturated heterocycles. The number of hydrogen-bond acceptors (Lipinski definition) is 1. The lowest BCUT2D eigenvalue weighted by Gasteiger charge is -2.25. The van der Waals surface area contributed by atoms with Crippen LogP contribution in [0.15, 0.2) is 36.0 Å². The van der Waals surface area contributed by atoms with E-state index in [9.17, 15) is 4.79 Å². The average molecular weight is 267 g/mol. The molecular weight excluding hydrogens is 246 g/mol. The van der Waals surface area contributed by atoms with Crippen molar-refractivity contribution in [3.05, 3.63) is 41.6 Å². The van der Waals surface area contributed by atoms with Crippen LogP contribution in [0.5, 0.6) is 0 Å². The van der Waals surface area contributed by atoms with E-state index in [1.807, 2.05) is 6.07 Å². The molecule has 0 radical (unpaired) electrons. The lowest BCUT2D eigenvalue weighted by atomic mass is 9.77. The zero-order valence-corrected chi connectivity index (χ0v) is 11.8. The van der Waals surface area contributed by atoms with E-state index < -0.39 is 0 Å². The SMILES string of the molecule is O=C1[C@@H]2CCCC[C@@H]2[C@H]2CC/C(=C/c3ccccc3)N12. The normalized spacial score (nSPS) is 34.4. The Hall–Kier alpha value is -1.57. The molecule has 0 spiro atoms. The molecule has 1 amide bonds. The van der Waals surface area contributed by atoms with Crippen molar-refractivity contribution in [3.63, 3.8) is 0 Å². The summed E-state index contributed by atoms with van der Waals surface area (Å²) in [6.07, 6.45) is 9.39. The minimum atomic E-state index is 0.327. The van der Waals surface area contributed by atoms with Gasteiger partial charge in [0.25, 0.3) is 0 Å². The Morgan fingerprint density at radius 1 is 1.05 bits per heavy atom. The summed E-state index contributed by atoms with van der Waals surface area (Å²) in [7, 11) is 0. The summed E-state index contributed by atoms with van der Waals surface area (Å²) in [6.45, 7) is 0. The lowest BCUT2D eigenvalue weighted by molar-refractivity contribution is -0.130. The van der Waals surface area contributed by atoms with Gasteiger partial charge in [-0.2, -0.15) is 0 Å². The Balaban J connectivity index is 1.65. The first kappa shape index (κ1) is 12.2. The fourth-order valence-corrected chi connectivity index (χ4v) is 4.46. The van der Waals surface area contributed by atoms with Gasteiger partial charge in [-0.1, -0.05) is 43.2 Å². The number of hydrogen-bond donors (Lipinski definition) is 0. The summed E-state index contributed by atoms with van der Waals surface area (Å²) >= 11 is 0. The van der Waals surface area contributed by atoms with E-state index >= 15 is 0 Å². The van der Waals surface area contributed by atoms with Crippen LogP contribution in [0.4, 0.5) is 0 Å². The summed E-state index contributed by atoms with van der Waals surface area (Å²) in [5.41, 5.74) is 2.46. The topological polar surface area (TPSA) is 20.3 Å². The van der Waals surface area contributed by atoms with Crippen LogP contribution in [-0.4, -0.2) is 16.8 Å². The first-order chi connectivity index (χ1) is 9.84. The number of benzene rings is 1. The van der Waals surface area contributed by atoms with Crippen molar-refractivity contribution in [2.24, 2.45) is 11.8 Å². The van der Waals surface area contributed by atoms with Crippen LogP contribution in [0.1, 0.15) is 44.1 Å².